The van der Waals surface area contributed by atoms with Gasteiger partial charge in [0.15, 0.2) is 5.82 Å². The number of hydrazone groups is 1. The maximum absolute atomic E-state index is 12.4. The molecule has 0 saturated carbocycles. The molecule has 0 amide bonds. The van der Waals surface area contributed by atoms with Crippen LogP contribution >= 0.6 is 0 Å². The van der Waals surface area contributed by atoms with E-state index in [1.807, 2.05) is 26.5 Å². The fourth-order valence-electron chi connectivity index (χ4n) is 4.12. The van der Waals surface area contributed by atoms with Gasteiger partial charge in [0.1, 0.15) is 5.69 Å². The van der Waals surface area contributed by atoms with Gasteiger partial charge in [-0.15, -0.1) is 0 Å². The predicted octanol–water partition coefficient (Wildman–Crippen LogP) is 2.39. The number of aromatic nitrogens is 4. The first-order valence-corrected chi connectivity index (χ1v) is 11.3. The molecule has 0 atom stereocenters. The van der Waals surface area contributed by atoms with Gasteiger partial charge < -0.3 is 10.3 Å². The van der Waals surface area contributed by atoms with Crippen molar-refractivity contribution in [2.24, 2.45) is 5.10 Å². The molecule has 2 aliphatic rings. The maximum Gasteiger partial charge on any atom is 0.203 e. The van der Waals surface area contributed by atoms with Crippen LogP contribution in [0.25, 0.3) is 5.57 Å². The Hall–Kier alpha value is -3.13. The van der Waals surface area contributed by atoms with Crippen LogP contribution in [-0.4, -0.2) is 58.2 Å². The first-order chi connectivity index (χ1) is 15.6. The summed E-state index contributed by atoms with van der Waals surface area (Å²) in [5.74, 6) is 1.30. The average Bonchev–Trinajstić information content (AvgIpc) is 2.82. The van der Waals surface area contributed by atoms with Crippen molar-refractivity contribution in [3.63, 3.8) is 0 Å². The molecule has 0 aromatic carbocycles. The highest BCUT2D eigenvalue weighted by Crippen LogP contribution is 2.27. The number of nitrogens with one attached hydrogen (secondary N) is 1. The minimum absolute atomic E-state index is 0.0367. The molecule has 1 aliphatic carbocycles. The highest BCUT2D eigenvalue weighted by atomic mass is 16.1. The van der Waals surface area contributed by atoms with Crippen molar-refractivity contribution in [2.45, 2.75) is 44.6 Å². The van der Waals surface area contributed by atoms with Gasteiger partial charge in [0.05, 0.1) is 6.54 Å². The lowest BCUT2D eigenvalue weighted by atomic mass is 9.92. The van der Waals surface area contributed by atoms with Crippen LogP contribution in [0.1, 0.15) is 48.7 Å². The van der Waals surface area contributed by atoms with E-state index in [0.29, 0.717) is 24.6 Å². The third-order valence-electron chi connectivity index (χ3n) is 5.84. The lowest BCUT2D eigenvalue weighted by Crippen LogP contribution is -2.26. The molecular weight excluding hydrogens is 402 g/mol. The Morgan fingerprint density at radius 2 is 2.03 bits per heavy atom. The minimum atomic E-state index is -0.0367. The van der Waals surface area contributed by atoms with Crippen molar-refractivity contribution in [2.75, 3.05) is 27.2 Å². The Morgan fingerprint density at radius 1 is 1.25 bits per heavy atom. The van der Waals surface area contributed by atoms with Crippen LogP contribution in [0.5, 0.6) is 0 Å². The molecule has 0 spiro atoms. The van der Waals surface area contributed by atoms with Gasteiger partial charge in [-0.25, -0.2) is 9.97 Å². The number of hydrogen-bond donors (Lipinski definition) is 1. The summed E-state index contributed by atoms with van der Waals surface area (Å²) >= 11 is 0. The van der Waals surface area contributed by atoms with E-state index in [1.165, 1.54) is 11.1 Å². The van der Waals surface area contributed by atoms with E-state index < -0.39 is 0 Å². The lowest BCUT2D eigenvalue weighted by molar-refractivity contribution is 0.437. The van der Waals surface area contributed by atoms with Gasteiger partial charge in [-0.1, -0.05) is 17.7 Å². The number of hydrogen-bond acceptors (Lipinski definition) is 7. The molecule has 1 saturated heterocycles. The molecule has 2 aromatic rings. The van der Waals surface area contributed by atoms with Crippen LogP contribution in [0, 0.1) is 0 Å². The van der Waals surface area contributed by atoms with Gasteiger partial charge in [-0.3, -0.25) is 9.48 Å². The Bertz CT molecular complexity index is 1060. The normalized spacial score (nSPS) is 17.3. The van der Waals surface area contributed by atoms with Crippen molar-refractivity contribution in [3.8, 4) is 0 Å². The molecule has 8 nitrogen and oxygen atoms in total. The summed E-state index contributed by atoms with van der Waals surface area (Å²) in [5, 5.41) is 13.8. The van der Waals surface area contributed by atoms with E-state index in [4.69, 9.17) is 0 Å². The lowest BCUT2D eigenvalue weighted by Gasteiger charge is -2.22. The molecule has 0 unspecified atom stereocenters. The second kappa shape index (κ2) is 10.5. The van der Waals surface area contributed by atoms with Crippen molar-refractivity contribution in [1.29, 1.82) is 0 Å². The minimum Gasteiger partial charge on any atom is -0.317 e. The number of nitrogens with zero attached hydrogens (tertiary/aromatic N) is 6. The van der Waals surface area contributed by atoms with E-state index >= 15 is 0 Å². The van der Waals surface area contributed by atoms with E-state index in [2.05, 4.69) is 37.6 Å². The van der Waals surface area contributed by atoms with Crippen LogP contribution in [-0.2, 0) is 13.0 Å². The summed E-state index contributed by atoms with van der Waals surface area (Å²) in [5.41, 5.74) is 3.95. The van der Waals surface area contributed by atoms with Gasteiger partial charge in [-0.2, -0.15) is 10.2 Å². The van der Waals surface area contributed by atoms with E-state index in [0.717, 1.165) is 50.2 Å². The zero-order valence-corrected chi connectivity index (χ0v) is 18.9. The van der Waals surface area contributed by atoms with Gasteiger partial charge >= 0.3 is 0 Å². The van der Waals surface area contributed by atoms with Gasteiger partial charge in [0.2, 0.25) is 5.43 Å². The van der Waals surface area contributed by atoms with Crippen molar-refractivity contribution < 1.29 is 0 Å². The van der Waals surface area contributed by atoms with Crippen LogP contribution in [0.15, 0.2) is 52.3 Å². The molecule has 8 heteroatoms. The molecule has 2 aromatic heterocycles. The topological polar surface area (TPSA) is 88.3 Å². The highest BCUT2D eigenvalue weighted by Gasteiger charge is 2.17. The third kappa shape index (κ3) is 5.76. The fraction of sp³-hybridized carbons (Fsp3) is 0.458. The Morgan fingerprint density at radius 3 is 2.78 bits per heavy atom. The van der Waals surface area contributed by atoms with Crippen LogP contribution in [0.3, 0.4) is 0 Å². The zero-order valence-electron chi connectivity index (χ0n) is 18.9. The molecule has 3 heterocycles. The second-order valence-corrected chi connectivity index (χ2v) is 8.54. The Labute approximate surface area is 188 Å². The molecule has 32 heavy (non-hydrogen) atoms. The summed E-state index contributed by atoms with van der Waals surface area (Å²) in [6.45, 7) is 2.63. The van der Waals surface area contributed by atoms with Crippen molar-refractivity contribution >= 4 is 11.8 Å². The quantitative estimate of drug-likeness (QED) is 0.533. The largest absolute Gasteiger partial charge is 0.317 e. The summed E-state index contributed by atoms with van der Waals surface area (Å²) in [7, 11) is 3.73. The summed E-state index contributed by atoms with van der Waals surface area (Å²) < 4.78 is 1.74. The first-order valence-electron chi connectivity index (χ1n) is 11.3. The number of piperidine rings is 1. The smallest absolute Gasteiger partial charge is 0.203 e. The van der Waals surface area contributed by atoms with Gasteiger partial charge in [-0.05, 0) is 50.3 Å². The van der Waals surface area contributed by atoms with Crippen LogP contribution in [0.2, 0.25) is 0 Å². The van der Waals surface area contributed by atoms with Gasteiger partial charge in [0, 0.05) is 57.0 Å². The molecule has 0 radical (unpaired) electrons. The average molecular weight is 434 g/mol. The summed E-state index contributed by atoms with van der Waals surface area (Å²) in [4.78, 5) is 21.7. The SMILES string of the molecule is CN(C)/N=C\Cn1ccc(=O)c(CC2=CC(c3ncc(C4CCNCC4)cn3)=CCC2)n1. The monoisotopic (exact) mass is 433 g/mol. The Balaban J connectivity index is 1.46. The van der Waals surface area contributed by atoms with Crippen molar-refractivity contribution in [1.82, 2.24) is 30.1 Å². The van der Waals surface area contributed by atoms with Crippen LogP contribution < -0.4 is 10.7 Å². The first kappa shape index (κ1) is 22.1. The molecular formula is C24H31N7O. The molecule has 1 aliphatic heterocycles. The molecule has 0 bridgehead atoms. The summed E-state index contributed by atoms with van der Waals surface area (Å²) in [6.07, 6.45) is 16.4. The summed E-state index contributed by atoms with van der Waals surface area (Å²) in [6, 6.07) is 1.58. The Kier molecular flexibility index (Phi) is 7.21. The molecule has 1 N–H and O–H groups in total. The fourth-order valence-corrected chi connectivity index (χ4v) is 4.12. The van der Waals surface area contributed by atoms with Gasteiger partial charge in [0.25, 0.3) is 0 Å². The van der Waals surface area contributed by atoms with E-state index in [9.17, 15) is 4.79 Å². The molecule has 4 rings (SSSR count). The van der Waals surface area contributed by atoms with E-state index in [1.54, 1.807) is 28.2 Å². The molecule has 1 fully saturated rings. The van der Waals surface area contributed by atoms with E-state index in [-0.39, 0.29) is 5.43 Å². The highest BCUT2D eigenvalue weighted by molar-refractivity contribution is 5.71. The predicted molar refractivity (Wildman–Crippen MR) is 127 cm³/mol. The molecule has 168 valence electrons. The third-order valence-corrected chi connectivity index (χ3v) is 5.84. The van der Waals surface area contributed by atoms with Crippen LogP contribution in [0.4, 0.5) is 0 Å². The maximum atomic E-state index is 12.4. The number of allylic oxidation sites excluding steroid dienone is 4. The van der Waals surface area contributed by atoms with Crippen molar-refractivity contribution in [3.05, 3.63) is 69.7 Å². The number of rotatable bonds is 7. The zero-order chi connectivity index (χ0) is 22.3. The standard InChI is InChI=1S/C24H31N7O/c1-30(2)28-11-13-31-12-8-23(32)22(29-31)15-18-4-3-5-20(14-18)24-26-16-21(17-27-24)19-6-9-25-10-7-19/h5,8,11-12,14,16-17,19,25H,3-4,6-7,9-10,13,15H2,1-2H3/b28-11-. The second-order valence-electron chi connectivity index (χ2n) is 8.54.